The highest BCUT2D eigenvalue weighted by Gasteiger charge is 2.14. The average molecular weight is 265 g/mol. The van der Waals surface area contributed by atoms with Gasteiger partial charge in [0.05, 0.1) is 5.69 Å². The topological polar surface area (TPSA) is 29.9 Å². The van der Waals surface area contributed by atoms with Crippen LogP contribution in [0.15, 0.2) is 6.07 Å². The Labute approximate surface area is 118 Å². The van der Waals surface area contributed by atoms with Crippen LogP contribution in [-0.4, -0.2) is 22.4 Å². The molecule has 1 atom stereocenters. The van der Waals surface area contributed by atoms with Gasteiger partial charge in [0.25, 0.3) is 0 Å². The SMILES string of the molecule is CCCNC(CCc1cc(CC)nn1CC)C(C)C. The fourth-order valence-corrected chi connectivity index (χ4v) is 2.47. The Kier molecular flexibility index (Phi) is 7.14. The first-order valence-corrected chi connectivity index (χ1v) is 7.91. The molecule has 0 amide bonds. The molecule has 1 unspecified atom stereocenters. The summed E-state index contributed by atoms with van der Waals surface area (Å²) in [6, 6.07) is 2.89. The molecule has 1 heterocycles. The van der Waals surface area contributed by atoms with Gasteiger partial charge in [-0.3, -0.25) is 4.68 Å². The van der Waals surface area contributed by atoms with Gasteiger partial charge in [-0.2, -0.15) is 5.10 Å². The number of nitrogens with one attached hydrogen (secondary N) is 1. The van der Waals surface area contributed by atoms with Crippen molar-refractivity contribution in [3.63, 3.8) is 0 Å². The van der Waals surface area contributed by atoms with Crippen LogP contribution in [0.1, 0.15) is 58.8 Å². The zero-order chi connectivity index (χ0) is 14.3. The lowest BCUT2D eigenvalue weighted by atomic mass is 9.98. The predicted octanol–water partition coefficient (Wildman–Crippen LogP) is 3.42. The maximum Gasteiger partial charge on any atom is 0.0624 e. The summed E-state index contributed by atoms with van der Waals surface area (Å²) >= 11 is 0. The second-order valence-electron chi connectivity index (χ2n) is 5.64. The molecular weight excluding hydrogens is 234 g/mol. The van der Waals surface area contributed by atoms with E-state index in [0.717, 1.165) is 25.9 Å². The van der Waals surface area contributed by atoms with Crippen molar-refractivity contribution >= 4 is 0 Å². The summed E-state index contributed by atoms with van der Waals surface area (Å²) < 4.78 is 2.16. The maximum atomic E-state index is 4.63. The Morgan fingerprint density at radius 1 is 1.26 bits per heavy atom. The highest BCUT2D eigenvalue weighted by atomic mass is 15.3. The standard InChI is InChI=1S/C16H31N3/c1-6-11-17-16(13(4)5)10-9-15-12-14(7-2)18-19(15)8-3/h12-13,16-17H,6-11H2,1-5H3. The summed E-state index contributed by atoms with van der Waals surface area (Å²) in [4.78, 5) is 0. The van der Waals surface area contributed by atoms with Crippen molar-refractivity contribution in [3.05, 3.63) is 17.5 Å². The molecule has 1 aromatic rings. The van der Waals surface area contributed by atoms with E-state index < -0.39 is 0 Å². The number of rotatable bonds is 9. The lowest BCUT2D eigenvalue weighted by Gasteiger charge is -2.22. The molecule has 0 aliphatic heterocycles. The molecule has 3 nitrogen and oxygen atoms in total. The third kappa shape index (κ3) is 4.98. The van der Waals surface area contributed by atoms with Gasteiger partial charge < -0.3 is 5.32 Å². The highest BCUT2D eigenvalue weighted by molar-refractivity contribution is 5.11. The molecule has 1 aromatic heterocycles. The van der Waals surface area contributed by atoms with Crippen LogP contribution in [0.4, 0.5) is 0 Å². The minimum Gasteiger partial charge on any atom is -0.314 e. The molecule has 0 fully saturated rings. The van der Waals surface area contributed by atoms with Crippen molar-refractivity contribution in [1.82, 2.24) is 15.1 Å². The van der Waals surface area contributed by atoms with E-state index in [1.54, 1.807) is 0 Å². The summed E-state index contributed by atoms with van der Waals surface area (Å²) in [5.41, 5.74) is 2.61. The first kappa shape index (κ1) is 16.2. The van der Waals surface area contributed by atoms with Crippen LogP contribution >= 0.6 is 0 Å². The van der Waals surface area contributed by atoms with Crippen LogP contribution in [0.3, 0.4) is 0 Å². The van der Waals surface area contributed by atoms with Crippen molar-refractivity contribution in [3.8, 4) is 0 Å². The van der Waals surface area contributed by atoms with Crippen LogP contribution in [-0.2, 0) is 19.4 Å². The third-order valence-electron chi connectivity index (χ3n) is 3.75. The number of aromatic nitrogens is 2. The molecular formula is C16H31N3. The van der Waals surface area contributed by atoms with Crippen molar-refractivity contribution < 1.29 is 0 Å². The molecule has 0 aromatic carbocycles. The van der Waals surface area contributed by atoms with Gasteiger partial charge in [-0.15, -0.1) is 0 Å². The lowest BCUT2D eigenvalue weighted by Crippen LogP contribution is -2.35. The Balaban J connectivity index is 2.59. The molecule has 0 aliphatic rings. The molecule has 0 bridgehead atoms. The summed E-state index contributed by atoms with van der Waals surface area (Å²) in [5, 5.41) is 8.30. The van der Waals surface area contributed by atoms with Gasteiger partial charge in [0, 0.05) is 18.3 Å². The summed E-state index contributed by atoms with van der Waals surface area (Å²) in [7, 11) is 0. The minimum absolute atomic E-state index is 0.616. The largest absolute Gasteiger partial charge is 0.314 e. The molecule has 0 radical (unpaired) electrons. The Morgan fingerprint density at radius 3 is 2.53 bits per heavy atom. The first-order valence-electron chi connectivity index (χ1n) is 7.91. The van der Waals surface area contributed by atoms with E-state index >= 15 is 0 Å². The number of aryl methyl sites for hydroxylation is 3. The zero-order valence-electron chi connectivity index (χ0n) is 13.4. The minimum atomic E-state index is 0.616. The Hall–Kier alpha value is -0.830. The van der Waals surface area contributed by atoms with E-state index in [2.05, 4.69) is 55.8 Å². The van der Waals surface area contributed by atoms with E-state index in [9.17, 15) is 0 Å². The molecule has 3 heteroatoms. The van der Waals surface area contributed by atoms with Crippen LogP contribution in [0.5, 0.6) is 0 Å². The van der Waals surface area contributed by atoms with Crippen LogP contribution in [0.25, 0.3) is 0 Å². The van der Waals surface area contributed by atoms with Gasteiger partial charge in [0.15, 0.2) is 0 Å². The Bertz CT molecular complexity index is 355. The fraction of sp³-hybridized carbons (Fsp3) is 0.812. The number of hydrogen-bond acceptors (Lipinski definition) is 2. The van der Waals surface area contributed by atoms with E-state index in [4.69, 9.17) is 0 Å². The van der Waals surface area contributed by atoms with Gasteiger partial charge in [-0.1, -0.05) is 27.7 Å². The van der Waals surface area contributed by atoms with Crippen molar-refractivity contribution in [1.29, 1.82) is 0 Å². The summed E-state index contributed by atoms with van der Waals surface area (Å²) in [6.45, 7) is 13.3. The Morgan fingerprint density at radius 2 is 2.00 bits per heavy atom. The second kappa shape index (κ2) is 8.36. The monoisotopic (exact) mass is 265 g/mol. The second-order valence-corrected chi connectivity index (χ2v) is 5.64. The third-order valence-corrected chi connectivity index (χ3v) is 3.75. The molecule has 0 saturated carbocycles. The molecule has 0 saturated heterocycles. The van der Waals surface area contributed by atoms with Gasteiger partial charge in [-0.25, -0.2) is 0 Å². The van der Waals surface area contributed by atoms with Gasteiger partial charge in [-0.05, 0) is 51.1 Å². The molecule has 0 spiro atoms. The molecule has 1 rings (SSSR count). The molecule has 19 heavy (non-hydrogen) atoms. The normalized spacial score (nSPS) is 13.2. The van der Waals surface area contributed by atoms with Crippen LogP contribution < -0.4 is 5.32 Å². The number of hydrogen-bond donors (Lipinski definition) is 1. The predicted molar refractivity (Wildman–Crippen MR) is 82.5 cm³/mol. The molecule has 0 aliphatic carbocycles. The lowest BCUT2D eigenvalue weighted by molar-refractivity contribution is 0.374. The van der Waals surface area contributed by atoms with Crippen molar-refractivity contribution in [2.75, 3.05) is 6.54 Å². The first-order chi connectivity index (χ1) is 9.12. The zero-order valence-corrected chi connectivity index (χ0v) is 13.4. The fourth-order valence-electron chi connectivity index (χ4n) is 2.47. The maximum absolute atomic E-state index is 4.63. The molecule has 1 N–H and O–H groups in total. The van der Waals surface area contributed by atoms with E-state index in [1.807, 2.05) is 0 Å². The van der Waals surface area contributed by atoms with Crippen molar-refractivity contribution in [2.45, 2.75) is 72.9 Å². The average Bonchev–Trinajstić information content (AvgIpc) is 2.80. The van der Waals surface area contributed by atoms with Gasteiger partial charge in [0.2, 0.25) is 0 Å². The van der Waals surface area contributed by atoms with E-state index in [1.165, 1.54) is 24.2 Å². The van der Waals surface area contributed by atoms with Gasteiger partial charge >= 0.3 is 0 Å². The van der Waals surface area contributed by atoms with Crippen LogP contribution in [0, 0.1) is 5.92 Å². The van der Waals surface area contributed by atoms with Crippen LogP contribution in [0.2, 0.25) is 0 Å². The highest BCUT2D eigenvalue weighted by Crippen LogP contribution is 2.13. The van der Waals surface area contributed by atoms with E-state index in [-0.39, 0.29) is 0 Å². The summed E-state index contributed by atoms with van der Waals surface area (Å²) in [6.07, 6.45) is 4.56. The molecule has 110 valence electrons. The number of nitrogens with zero attached hydrogens (tertiary/aromatic N) is 2. The van der Waals surface area contributed by atoms with Crippen molar-refractivity contribution in [2.24, 2.45) is 5.92 Å². The van der Waals surface area contributed by atoms with Gasteiger partial charge in [0.1, 0.15) is 0 Å². The summed E-state index contributed by atoms with van der Waals surface area (Å²) in [5.74, 6) is 0.690. The quantitative estimate of drug-likeness (QED) is 0.741. The van der Waals surface area contributed by atoms with E-state index in [0.29, 0.717) is 12.0 Å². The smallest absolute Gasteiger partial charge is 0.0624 e.